The van der Waals surface area contributed by atoms with Gasteiger partial charge in [-0.1, -0.05) is 107 Å². The highest BCUT2D eigenvalue weighted by Gasteiger charge is 2.42. The fraction of sp³-hybridized carbons (Fsp3) is 0.604. The van der Waals surface area contributed by atoms with Crippen molar-refractivity contribution in [3.8, 4) is 0 Å². The zero-order valence-electron chi connectivity index (χ0n) is 37.1. The third-order valence-electron chi connectivity index (χ3n) is 13.5. The fourth-order valence-corrected chi connectivity index (χ4v) is 9.94. The minimum atomic E-state index is -1.09. The van der Waals surface area contributed by atoms with Gasteiger partial charge in [-0.3, -0.25) is 24.0 Å². The molecule has 3 aliphatic rings. The maximum atomic E-state index is 15.1. The second-order valence-corrected chi connectivity index (χ2v) is 18.0. The average Bonchev–Trinajstić information content (AvgIpc) is 3.94. The maximum absolute atomic E-state index is 15.1. The number of hydrogen-bond acceptors (Lipinski definition) is 11. The molecule has 63 heavy (non-hydrogen) atoms. The van der Waals surface area contributed by atoms with Crippen molar-refractivity contribution < 1.29 is 28.8 Å². The first-order valence-corrected chi connectivity index (χ1v) is 23.4. The van der Waals surface area contributed by atoms with Gasteiger partial charge in [0.25, 0.3) is 11.8 Å². The van der Waals surface area contributed by atoms with Gasteiger partial charge in [-0.25, -0.2) is 14.3 Å². The molecule has 0 bridgehead atoms. The maximum Gasteiger partial charge on any atom is 0.343 e. The second-order valence-electron chi connectivity index (χ2n) is 18.0. The van der Waals surface area contributed by atoms with Crippen LogP contribution in [0.15, 0.2) is 54.6 Å². The number of carbonyl (C=O) groups excluding carboxylic acids is 6. The van der Waals surface area contributed by atoms with Gasteiger partial charge in [-0.2, -0.15) is 4.90 Å². The summed E-state index contributed by atoms with van der Waals surface area (Å²) in [6.07, 6.45) is 13.5. The Morgan fingerprint density at radius 1 is 0.762 bits per heavy atom. The van der Waals surface area contributed by atoms with Gasteiger partial charge in [-0.15, -0.1) is 0 Å². The van der Waals surface area contributed by atoms with E-state index in [4.69, 9.17) is 22.2 Å². The number of fused-ring (bicyclic) bond motifs is 1. The number of nitrogens with one attached hydrogen (secondary N) is 2. The second kappa shape index (κ2) is 23.2. The van der Waals surface area contributed by atoms with Crippen molar-refractivity contribution in [1.82, 2.24) is 30.0 Å². The largest absolute Gasteiger partial charge is 0.343 e. The molecule has 1 aliphatic heterocycles. The molecule has 342 valence electrons. The van der Waals surface area contributed by atoms with Crippen molar-refractivity contribution in [3.63, 3.8) is 0 Å². The number of likely N-dealkylation sites (tertiary alicyclic amines) is 1. The summed E-state index contributed by atoms with van der Waals surface area (Å²) in [5, 5.41) is 5.98. The molecule has 5 atom stereocenters. The van der Waals surface area contributed by atoms with E-state index in [1.54, 1.807) is 31.3 Å². The van der Waals surface area contributed by atoms with E-state index in [0.717, 1.165) is 69.8 Å². The molecule has 6 rings (SSSR count). The van der Waals surface area contributed by atoms with Crippen LogP contribution in [0.4, 0.5) is 4.79 Å². The van der Waals surface area contributed by atoms with Crippen LogP contribution in [-0.4, -0.2) is 105 Å². The first-order valence-electron chi connectivity index (χ1n) is 23.4. The van der Waals surface area contributed by atoms with Crippen molar-refractivity contribution in [2.45, 2.75) is 152 Å². The molecule has 3 aromatic rings. The third-order valence-corrected chi connectivity index (χ3v) is 13.5. The summed E-state index contributed by atoms with van der Waals surface area (Å²) in [6.45, 7) is 0.718. The van der Waals surface area contributed by atoms with Gasteiger partial charge >= 0.3 is 6.03 Å². The molecule has 2 aliphatic carbocycles. The molecular weight excluding hydrogens is 799 g/mol. The number of ketones is 1. The molecule has 15 heteroatoms. The van der Waals surface area contributed by atoms with Crippen LogP contribution in [-0.2, 0) is 36.8 Å². The van der Waals surface area contributed by atoms with Gasteiger partial charge in [0, 0.05) is 6.54 Å². The van der Waals surface area contributed by atoms with Crippen LogP contribution in [0.5, 0.6) is 0 Å². The first-order chi connectivity index (χ1) is 30.5. The topological polar surface area (TPSA) is 229 Å². The molecule has 0 unspecified atom stereocenters. The Labute approximate surface area is 371 Å². The Bertz CT molecular complexity index is 2030. The zero-order chi connectivity index (χ0) is 44.9. The van der Waals surface area contributed by atoms with E-state index in [9.17, 15) is 24.0 Å². The molecule has 2 heterocycles. The molecule has 1 aromatic heterocycles. The van der Waals surface area contributed by atoms with E-state index in [1.807, 2.05) is 30.3 Å². The molecular formula is C48H69N9O6. The lowest BCUT2D eigenvalue weighted by Crippen LogP contribution is -2.57. The molecule has 3 fully saturated rings. The van der Waals surface area contributed by atoms with Gasteiger partial charge in [0.15, 0.2) is 5.78 Å². The first kappa shape index (κ1) is 47.6. The number of benzene rings is 2. The van der Waals surface area contributed by atoms with Crippen molar-refractivity contribution in [2.24, 2.45) is 29.0 Å². The number of aromatic nitrogens is 2. The number of unbranched alkanes of at least 4 members (excludes halogenated alkanes) is 1. The van der Waals surface area contributed by atoms with Crippen LogP contribution in [0.1, 0.15) is 121 Å². The summed E-state index contributed by atoms with van der Waals surface area (Å²) in [5.41, 5.74) is 20.4. The Hall–Kier alpha value is -4.83. The van der Waals surface area contributed by atoms with Gasteiger partial charge in [0.05, 0.1) is 41.6 Å². The Kier molecular flexibility index (Phi) is 17.5. The quantitative estimate of drug-likeness (QED) is 0.105. The number of rotatable bonds is 19. The summed E-state index contributed by atoms with van der Waals surface area (Å²) in [6, 6.07) is 10.7. The molecule has 2 aromatic carbocycles. The predicted octanol–water partition coefficient (Wildman–Crippen LogP) is 4.50. The van der Waals surface area contributed by atoms with Crippen LogP contribution in [0.2, 0.25) is 0 Å². The lowest BCUT2D eigenvalue weighted by Gasteiger charge is -2.31. The van der Waals surface area contributed by atoms with Crippen molar-refractivity contribution in [3.05, 3.63) is 66.0 Å². The molecule has 0 spiro atoms. The summed E-state index contributed by atoms with van der Waals surface area (Å²) in [5.74, 6) is -2.14. The van der Waals surface area contributed by atoms with E-state index in [1.165, 1.54) is 9.47 Å². The number of imidazole rings is 1. The average molecular weight is 868 g/mol. The van der Waals surface area contributed by atoms with Gasteiger partial charge < -0.3 is 32.7 Å². The van der Waals surface area contributed by atoms with E-state index in [0.29, 0.717) is 74.0 Å². The van der Waals surface area contributed by atoms with E-state index < -0.39 is 59.9 Å². The summed E-state index contributed by atoms with van der Waals surface area (Å²) in [4.78, 5) is 93.4. The standard InChI is InChI=1S/C48H69N9O6/c1-52-39(30-34-20-9-4-10-21-34)47(62)57(45(60)36(51)29-33-18-7-3-8-19-33)48(63)56-40-24-12-11-22-37(40)53-43(56)31-42(58)41-25-15-27-55(41)46(61)38(23-13-14-26-49)54-44(59)35(50)28-32-16-5-2-6-17-32/h2,5-6,11-12,16-17,22,24,33-36,38-39,41,52H,3-4,7-10,13-15,18-21,23,25-31,49-51H2,1H3,(H,54,59)/t35-,36+,38-,39-,41-/m0/s1. The number of amides is 5. The minimum Gasteiger partial charge on any atom is -0.343 e. The molecule has 0 radical (unpaired) electrons. The number of imide groups is 3. The number of nitrogens with two attached hydrogens (primary N) is 3. The number of para-hydroxylation sites is 2. The predicted molar refractivity (Wildman–Crippen MR) is 242 cm³/mol. The van der Waals surface area contributed by atoms with Crippen LogP contribution >= 0.6 is 0 Å². The monoisotopic (exact) mass is 868 g/mol. The lowest BCUT2D eigenvalue weighted by atomic mass is 9.84. The van der Waals surface area contributed by atoms with Crippen LogP contribution < -0.4 is 27.8 Å². The highest BCUT2D eigenvalue weighted by Crippen LogP contribution is 2.30. The molecule has 8 N–H and O–H groups in total. The van der Waals surface area contributed by atoms with Crippen molar-refractivity contribution in [1.29, 1.82) is 0 Å². The molecule has 1 saturated heterocycles. The van der Waals surface area contributed by atoms with Crippen LogP contribution in [0.25, 0.3) is 11.0 Å². The third kappa shape index (κ3) is 12.3. The Morgan fingerprint density at radius 3 is 2.08 bits per heavy atom. The van der Waals surface area contributed by atoms with E-state index in [2.05, 4.69) is 10.6 Å². The highest BCUT2D eigenvalue weighted by atomic mass is 16.2. The minimum absolute atomic E-state index is 0.0462. The number of nitrogens with zero attached hydrogens (tertiary/aromatic N) is 4. The fourth-order valence-electron chi connectivity index (χ4n) is 9.94. The Balaban J connectivity index is 1.26. The summed E-state index contributed by atoms with van der Waals surface area (Å²) >= 11 is 0. The van der Waals surface area contributed by atoms with E-state index >= 15 is 4.79 Å². The zero-order valence-corrected chi connectivity index (χ0v) is 37.1. The number of Topliss-reactive ketones (excluding diaryl/α,β-unsaturated/α-hetero) is 1. The smallest absolute Gasteiger partial charge is 0.343 e. The van der Waals surface area contributed by atoms with E-state index in [-0.39, 0.29) is 36.3 Å². The Morgan fingerprint density at radius 2 is 1.41 bits per heavy atom. The molecule has 2 saturated carbocycles. The lowest BCUT2D eigenvalue weighted by molar-refractivity contribution is -0.143. The van der Waals surface area contributed by atoms with Crippen LogP contribution in [0.3, 0.4) is 0 Å². The highest BCUT2D eigenvalue weighted by molar-refractivity contribution is 6.15. The summed E-state index contributed by atoms with van der Waals surface area (Å²) < 4.78 is 1.20. The molecule has 15 nitrogen and oxygen atoms in total. The SMILES string of the molecule is CN[C@@H](CC1CCCCC1)C(=O)N(C(=O)[C@H](N)CC1CCCCC1)C(=O)n1c(CC(=O)[C@@H]2CCCN2C(=O)[C@H](CCCCN)NC(=O)[C@@H](N)Cc2ccccc2)nc2ccccc21. The van der Waals surface area contributed by atoms with Gasteiger partial charge in [0.2, 0.25) is 11.8 Å². The summed E-state index contributed by atoms with van der Waals surface area (Å²) in [7, 11) is 1.67. The van der Waals surface area contributed by atoms with Crippen molar-refractivity contribution >= 4 is 46.5 Å². The number of likely N-dealkylation sites (N-methyl/N-ethyl adjacent to an activating group) is 1. The van der Waals surface area contributed by atoms with Crippen molar-refractivity contribution in [2.75, 3.05) is 20.1 Å². The van der Waals surface area contributed by atoms with Crippen LogP contribution in [0, 0.1) is 11.8 Å². The van der Waals surface area contributed by atoms with Gasteiger partial charge in [0.1, 0.15) is 11.9 Å². The molecule has 5 amide bonds. The normalized spacial score (nSPS) is 19.3. The van der Waals surface area contributed by atoms with Gasteiger partial charge in [-0.05, 0) is 94.5 Å². The number of hydrogen-bond donors (Lipinski definition) is 5. The number of carbonyl (C=O) groups is 6.